The Bertz CT molecular complexity index is 605. The van der Waals surface area contributed by atoms with Gasteiger partial charge >= 0.3 is 0 Å². The Morgan fingerprint density at radius 1 is 1.50 bits per heavy atom. The molecule has 0 radical (unpaired) electrons. The number of nitrogens with zero attached hydrogens (tertiary/aromatic N) is 3. The van der Waals surface area contributed by atoms with Crippen molar-refractivity contribution < 1.29 is 9.90 Å². The van der Waals surface area contributed by atoms with Crippen LogP contribution in [-0.4, -0.2) is 36.6 Å². The molecule has 2 aromatic heterocycles. The maximum atomic E-state index is 11.8. The molecule has 2 rings (SSSR count). The van der Waals surface area contributed by atoms with Gasteiger partial charge < -0.3 is 10.4 Å². The number of pyridine rings is 1. The van der Waals surface area contributed by atoms with Gasteiger partial charge in [0.1, 0.15) is 0 Å². The molecule has 1 unspecified atom stereocenters. The zero-order valence-corrected chi connectivity index (χ0v) is 9.34. The lowest BCUT2D eigenvalue weighted by molar-refractivity contribution is 0.0937. The van der Waals surface area contributed by atoms with Gasteiger partial charge in [-0.25, -0.2) is 0 Å². The Kier molecular flexibility index (Phi) is 3.04. The molecule has 0 spiro atoms. The highest BCUT2D eigenvalue weighted by atomic mass is 16.3. The lowest BCUT2D eigenvalue weighted by Gasteiger charge is -2.09. The summed E-state index contributed by atoms with van der Waals surface area (Å²) in [5.41, 5.74) is -0.515. The van der Waals surface area contributed by atoms with Gasteiger partial charge in [-0.2, -0.15) is 5.21 Å². The normalized spacial score (nSPS) is 12.1. The molecule has 9 heteroatoms. The lowest BCUT2D eigenvalue weighted by Crippen LogP contribution is -2.28. The largest absolute Gasteiger partial charge is 0.494 e. The molecule has 94 valence electrons. The Balaban J connectivity index is 2.15. The Labute approximate surface area is 100 Å². The van der Waals surface area contributed by atoms with Gasteiger partial charge in [0.25, 0.3) is 11.5 Å². The number of aromatic hydroxyl groups is 1. The van der Waals surface area contributed by atoms with E-state index >= 15 is 0 Å². The third-order valence-corrected chi connectivity index (χ3v) is 2.19. The Morgan fingerprint density at radius 2 is 2.28 bits per heavy atom. The van der Waals surface area contributed by atoms with Crippen LogP contribution < -0.4 is 10.9 Å². The monoisotopic (exact) mass is 250 g/mol. The van der Waals surface area contributed by atoms with E-state index in [2.05, 4.69) is 30.9 Å². The first-order valence-electron chi connectivity index (χ1n) is 5.04. The van der Waals surface area contributed by atoms with Crippen LogP contribution in [0.2, 0.25) is 0 Å². The molecule has 9 nitrogen and oxygen atoms in total. The van der Waals surface area contributed by atoms with Gasteiger partial charge in [-0.15, -0.1) is 10.2 Å². The fourth-order valence-electron chi connectivity index (χ4n) is 1.36. The number of amides is 1. The summed E-state index contributed by atoms with van der Waals surface area (Å²) in [5, 5.41) is 24.8. The number of tetrazole rings is 1. The number of aromatic amines is 2. The van der Waals surface area contributed by atoms with E-state index in [1.807, 2.05) is 0 Å². The summed E-state index contributed by atoms with van der Waals surface area (Å²) in [5.74, 6) is -0.578. The molecule has 2 aromatic rings. The van der Waals surface area contributed by atoms with Crippen LogP contribution in [0.25, 0.3) is 0 Å². The van der Waals surface area contributed by atoms with E-state index in [-0.39, 0.29) is 11.4 Å². The van der Waals surface area contributed by atoms with E-state index in [1.165, 1.54) is 0 Å². The molecule has 0 aromatic carbocycles. The quantitative estimate of drug-likeness (QED) is 0.556. The summed E-state index contributed by atoms with van der Waals surface area (Å²) in [7, 11) is 0. The van der Waals surface area contributed by atoms with E-state index in [0.717, 1.165) is 12.1 Å². The van der Waals surface area contributed by atoms with Crippen LogP contribution in [0.5, 0.6) is 5.88 Å². The SMILES string of the molecule is CC(NC(=O)c1cc(O)[nH]c(=O)c1)c1nn[nH]n1. The maximum absolute atomic E-state index is 11.8. The smallest absolute Gasteiger partial charge is 0.252 e. The van der Waals surface area contributed by atoms with E-state index in [1.54, 1.807) is 6.92 Å². The molecule has 0 saturated carbocycles. The number of nitrogens with one attached hydrogen (secondary N) is 3. The first-order chi connectivity index (χ1) is 8.56. The topological polar surface area (TPSA) is 137 Å². The Hall–Kier alpha value is -2.71. The van der Waals surface area contributed by atoms with E-state index in [0.29, 0.717) is 5.82 Å². The molecular formula is C9H10N6O3. The predicted octanol–water partition coefficient (Wildman–Crippen LogP) is -0.915. The number of carbonyl (C=O) groups is 1. The number of carbonyl (C=O) groups excluding carboxylic acids is 1. The summed E-state index contributed by atoms with van der Waals surface area (Å²) in [4.78, 5) is 25.0. The average molecular weight is 250 g/mol. The zero-order valence-electron chi connectivity index (χ0n) is 9.34. The molecule has 0 fully saturated rings. The van der Waals surface area contributed by atoms with Crippen molar-refractivity contribution in [3.05, 3.63) is 33.9 Å². The number of hydrogen-bond donors (Lipinski definition) is 4. The van der Waals surface area contributed by atoms with Crippen molar-refractivity contribution in [3.8, 4) is 5.88 Å². The van der Waals surface area contributed by atoms with Crippen LogP contribution in [0, 0.1) is 0 Å². The molecule has 0 aliphatic rings. The number of H-pyrrole nitrogens is 2. The molecule has 0 aliphatic carbocycles. The maximum Gasteiger partial charge on any atom is 0.252 e. The number of rotatable bonds is 3. The van der Waals surface area contributed by atoms with Crippen molar-refractivity contribution in [3.63, 3.8) is 0 Å². The Morgan fingerprint density at radius 3 is 2.89 bits per heavy atom. The van der Waals surface area contributed by atoms with Crippen LogP contribution in [-0.2, 0) is 0 Å². The van der Waals surface area contributed by atoms with Gasteiger partial charge in [-0.3, -0.25) is 14.6 Å². The van der Waals surface area contributed by atoms with Crippen LogP contribution in [0.1, 0.15) is 29.1 Å². The summed E-state index contributed by atoms with van der Waals surface area (Å²) < 4.78 is 0. The zero-order chi connectivity index (χ0) is 13.1. The molecule has 0 saturated heterocycles. The fraction of sp³-hybridized carbons (Fsp3) is 0.222. The van der Waals surface area contributed by atoms with Crippen molar-refractivity contribution >= 4 is 5.91 Å². The van der Waals surface area contributed by atoms with Crippen molar-refractivity contribution in [2.45, 2.75) is 13.0 Å². The molecule has 1 amide bonds. The second kappa shape index (κ2) is 4.65. The predicted molar refractivity (Wildman–Crippen MR) is 58.8 cm³/mol. The van der Waals surface area contributed by atoms with Crippen molar-refractivity contribution in [2.75, 3.05) is 0 Å². The highest BCUT2D eigenvalue weighted by molar-refractivity contribution is 5.94. The van der Waals surface area contributed by atoms with E-state index in [4.69, 9.17) is 0 Å². The highest BCUT2D eigenvalue weighted by Crippen LogP contribution is 2.08. The van der Waals surface area contributed by atoms with Gasteiger partial charge in [0, 0.05) is 12.1 Å². The summed E-state index contributed by atoms with van der Waals surface area (Å²) in [6, 6.07) is 1.76. The summed E-state index contributed by atoms with van der Waals surface area (Å²) in [6.45, 7) is 1.66. The van der Waals surface area contributed by atoms with Crippen molar-refractivity contribution in [1.29, 1.82) is 0 Å². The molecule has 18 heavy (non-hydrogen) atoms. The number of aromatic nitrogens is 5. The van der Waals surface area contributed by atoms with Crippen LogP contribution in [0.4, 0.5) is 0 Å². The van der Waals surface area contributed by atoms with Crippen LogP contribution >= 0.6 is 0 Å². The van der Waals surface area contributed by atoms with Gasteiger partial charge in [0.2, 0.25) is 0 Å². The molecule has 0 bridgehead atoms. The number of hydrogen-bond acceptors (Lipinski definition) is 6. The standard InChI is InChI=1S/C9H10N6O3/c1-4(8-12-14-15-13-8)10-9(18)5-2-6(16)11-7(17)3-5/h2-4H,1H3,(H,10,18)(H2,11,16,17)(H,12,13,14,15). The molecular weight excluding hydrogens is 240 g/mol. The fourth-order valence-corrected chi connectivity index (χ4v) is 1.36. The first kappa shape index (κ1) is 11.8. The van der Waals surface area contributed by atoms with E-state index in [9.17, 15) is 14.7 Å². The molecule has 1 atom stereocenters. The minimum atomic E-state index is -0.563. The third kappa shape index (κ3) is 2.51. The van der Waals surface area contributed by atoms with Crippen LogP contribution in [0.15, 0.2) is 16.9 Å². The molecule has 0 aliphatic heterocycles. The summed E-state index contributed by atoms with van der Waals surface area (Å²) >= 11 is 0. The third-order valence-electron chi connectivity index (χ3n) is 2.19. The van der Waals surface area contributed by atoms with Crippen LogP contribution in [0.3, 0.4) is 0 Å². The van der Waals surface area contributed by atoms with Gasteiger partial charge in [0.05, 0.1) is 11.6 Å². The summed E-state index contributed by atoms with van der Waals surface area (Å²) in [6.07, 6.45) is 0. The van der Waals surface area contributed by atoms with Crippen molar-refractivity contribution in [2.24, 2.45) is 0 Å². The minimum Gasteiger partial charge on any atom is -0.494 e. The second-order valence-electron chi connectivity index (χ2n) is 3.58. The highest BCUT2D eigenvalue weighted by Gasteiger charge is 2.15. The van der Waals surface area contributed by atoms with Crippen molar-refractivity contribution in [1.82, 2.24) is 30.9 Å². The van der Waals surface area contributed by atoms with Gasteiger partial charge in [0.15, 0.2) is 11.7 Å². The van der Waals surface area contributed by atoms with E-state index < -0.39 is 17.5 Å². The van der Waals surface area contributed by atoms with Gasteiger partial charge in [-0.1, -0.05) is 5.21 Å². The lowest BCUT2D eigenvalue weighted by atomic mass is 10.2. The molecule has 2 heterocycles. The molecule has 4 N–H and O–H groups in total. The average Bonchev–Trinajstić information content (AvgIpc) is 2.80. The first-order valence-corrected chi connectivity index (χ1v) is 5.04. The minimum absolute atomic E-state index is 0.0478. The second-order valence-corrected chi connectivity index (χ2v) is 3.58. The van der Waals surface area contributed by atoms with Gasteiger partial charge in [-0.05, 0) is 6.92 Å².